The van der Waals surface area contributed by atoms with Gasteiger partial charge < -0.3 is 5.32 Å². The van der Waals surface area contributed by atoms with Gasteiger partial charge in [0, 0.05) is 12.8 Å². The van der Waals surface area contributed by atoms with Crippen LogP contribution in [0.1, 0.15) is 24.8 Å². The molecule has 0 amide bonds. The van der Waals surface area contributed by atoms with E-state index in [1.165, 1.54) is 23.6 Å². The smallest absolute Gasteiger partial charge is 0.137 e. The van der Waals surface area contributed by atoms with Gasteiger partial charge in [-0.25, -0.2) is 0 Å². The molecule has 0 radical (unpaired) electrons. The maximum atomic E-state index is 12.3. The van der Waals surface area contributed by atoms with Crippen molar-refractivity contribution in [3.05, 3.63) is 48.0 Å². The second kappa shape index (κ2) is 6.19. The van der Waals surface area contributed by atoms with Crippen molar-refractivity contribution in [2.75, 3.05) is 13.1 Å². The van der Waals surface area contributed by atoms with Crippen molar-refractivity contribution < 1.29 is 4.79 Å². The maximum Gasteiger partial charge on any atom is 0.137 e. The summed E-state index contributed by atoms with van der Waals surface area (Å²) in [5.41, 5.74) is 1.16. The van der Waals surface area contributed by atoms with Crippen LogP contribution >= 0.6 is 0 Å². The molecule has 0 saturated carbocycles. The van der Waals surface area contributed by atoms with Crippen LogP contribution in [0.4, 0.5) is 0 Å². The van der Waals surface area contributed by atoms with Crippen molar-refractivity contribution in [2.24, 2.45) is 5.92 Å². The molecule has 1 N–H and O–H groups in total. The molecular formula is C18H21NO. The highest BCUT2D eigenvalue weighted by Crippen LogP contribution is 2.21. The van der Waals surface area contributed by atoms with Gasteiger partial charge in [0.25, 0.3) is 0 Å². The van der Waals surface area contributed by atoms with Gasteiger partial charge in [-0.2, -0.15) is 0 Å². The Morgan fingerprint density at radius 3 is 2.85 bits per heavy atom. The number of carbonyl (C=O) groups excluding carboxylic acids is 1. The van der Waals surface area contributed by atoms with E-state index in [1.807, 2.05) is 18.2 Å². The molecule has 2 aromatic rings. The van der Waals surface area contributed by atoms with E-state index in [0.717, 1.165) is 25.1 Å². The topological polar surface area (TPSA) is 29.1 Å². The van der Waals surface area contributed by atoms with E-state index in [4.69, 9.17) is 0 Å². The fourth-order valence-electron chi connectivity index (χ4n) is 3.15. The summed E-state index contributed by atoms with van der Waals surface area (Å²) in [4.78, 5) is 12.3. The zero-order valence-electron chi connectivity index (χ0n) is 11.8. The van der Waals surface area contributed by atoms with Crippen molar-refractivity contribution in [2.45, 2.75) is 25.7 Å². The number of Topliss-reactive ketones (excluding diaryl/α,β-unsaturated/α-hetero) is 1. The van der Waals surface area contributed by atoms with Gasteiger partial charge in [0.15, 0.2) is 0 Å². The van der Waals surface area contributed by atoms with Gasteiger partial charge in [-0.05, 0) is 48.2 Å². The number of hydrogen-bond donors (Lipinski definition) is 1. The highest BCUT2D eigenvalue weighted by atomic mass is 16.1. The monoisotopic (exact) mass is 267 g/mol. The van der Waals surface area contributed by atoms with Crippen LogP contribution in [0.3, 0.4) is 0 Å². The van der Waals surface area contributed by atoms with E-state index in [0.29, 0.717) is 18.1 Å². The molecule has 3 rings (SSSR count). The lowest BCUT2D eigenvalue weighted by molar-refractivity contribution is -0.119. The Hall–Kier alpha value is -1.67. The van der Waals surface area contributed by atoms with Crippen molar-refractivity contribution in [3.8, 4) is 0 Å². The first-order chi connectivity index (χ1) is 9.83. The summed E-state index contributed by atoms with van der Waals surface area (Å²) in [6.07, 6.45) is 3.68. The third-order valence-electron chi connectivity index (χ3n) is 4.18. The van der Waals surface area contributed by atoms with E-state index in [9.17, 15) is 4.79 Å². The zero-order valence-corrected chi connectivity index (χ0v) is 11.8. The highest BCUT2D eigenvalue weighted by molar-refractivity contribution is 5.90. The molecular weight excluding hydrogens is 246 g/mol. The lowest BCUT2D eigenvalue weighted by Crippen LogP contribution is -2.31. The van der Waals surface area contributed by atoms with Crippen molar-refractivity contribution >= 4 is 16.6 Å². The molecule has 104 valence electrons. The van der Waals surface area contributed by atoms with E-state index in [2.05, 4.69) is 29.6 Å². The van der Waals surface area contributed by atoms with Crippen LogP contribution in [0.2, 0.25) is 0 Å². The van der Waals surface area contributed by atoms with Crippen molar-refractivity contribution in [3.63, 3.8) is 0 Å². The molecule has 1 atom stereocenters. The first-order valence-electron chi connectivity index (χ1n) is 7.52. The molecule has 1 saturated heterocycles. The number of hydrogen-bond acceptors (Lipinski definition) is 2. The number of piperidine rings is 1. The van der Waals surface area contributed by atoms with Gasteiger partial charge in [0.05, 0.1) is 0 Å². The molecule has 1 heterocycles. The normalized spacial score (nSPS) is 19.1. The quantitative estimate of drug-likeness (QED) is 0.920. The van der Waals surface area contributed by atoms with E-state index >= 15 is 0 Å². The minimum Gasteiger partial charge on any atom is -0.316 e. The zero-order chi connectivity index (χ0) is 13.8. The number of ketones is 1. The van der Waals surface area contributed by atoms with E-state index < -0.39 is 0 Å². The molecule has 2 aromatic carbocycles. The summed E-state index contributed by atoms with van der Waals surface area (Å²) < 4.78 is 0. The molecule has 20 heavy (non-hydrogen) atoms. The van der Waals surface area contributed by atoms with Crippen LogP contribution in [-0.4, -0.2) is 18.9 Å². The molecule has 1 fully saturated rings. The largest absolute Gasteiger partial charge is 0.316 e. The average Bonchev–Trinajstić information content (AvgIpc) is 2.48. The third kappa shape index (κ3) is 3.07. The van der Waals surface area contributed by atoms with Crippen LogP contribution in [-0.2, 0) is 11.2 Å². The summed E-state index contributed by atoms with van der Waals surface area (Å²) in [6.45, 7) is 2.11. The molecule has 1 aliphatic heterocycles. The van der Waals surface area contributed by atoms with Crippen LogP contribution in [0, 0.1) is 5.92 Å². The number of carbonyl (C=O) groups is 1. The minimum atomic E-state index is 0.370. The second-order valence-corrected chi connectivity index (χ2v) is 5.77. The number of fused-ring (bicyclic) bond motifs is 1. The van der Waals surface area contributed by atoms with Crippen LogP contribution in [0.5, 0.6) is 0 Å². The fourth-order valence-corrected chi connectivity index (χ4v) is 3.15. The summed E-state index contributed by atoms with van der Waals surface area (Å²) >= 11 is 0. The van der Waals surface area contributed by atoms with E-state index in [-0.39, 0.29) is 0 Å². The second-order valence-electron chi connectivity index (χ2n) is 5.77. The van der Waals surface area contributed by atoms with Crippen molar-refractivity contribution in [1.82, 2.24) is 5.32 Å². The van der Waals surface area contributed by atoms with E-state index in [1.54, 1.807) is 0 Å². The number of nitrogens with one attached hydrogen (secondary N) is 1. The van der Waals surface area contributed by atoms with Gasteiger partial charge in [0.1, 0.15) is 5.78 Å². The van der Waals surface area contributed by atoms with Gasteiger partial charge in [-0.15, -0.1) is 0 Å². The first kappa shape index (κ1) is 13.3. The minimum absolute atomic E-state index is 0.370. The third-order valence-corrected chi connectivity index (χ3v) is 4.18. The Balaban J connectivity index is 1.71. The molecule has 2 heteroatoms. The Morgan fingerprint density at radius 1 is 1.15 bits per heavy atom. The Bertz CT molecular complexity index is 594. The van der Waals surface area contributed by atoms with Crippen LogP contribution < -0.4 is 5.32 Å². The maximum absolute atomic E-state index is 12.3. The van der Waals surface area contributed by atoms with Crippen LogP contribution in [0.15, 0.2) is 42.5 Å². The molecule has 0 spiro atoms. The van der Waals surface area contributed by atoms with Crippen LogP contribution in [0.25, 0.3) is 10.8 Å². The number of benzene rings is 2. The SMILES string of the molecule is O=C(Cc1cccc2ccccc12)CC1CCCNC1. The predicted octanol–water partition coefficient (Wildman–Crippen LogP) is 3.34. The summed E-state index contributed by atoms with van der Waals surface area (Å²) in [5.74, 6) is 0.904. The highest BCUT2D eigenvalue weighted by Gasteiger charge is 2.17. The Morgan fingerprint density at radius 2 is 2.00 bits per heavy atom. The number of rotatable bonds is 4. The predicted molar refractivity (Wildman–Crippen MR) is 82.9 cm³/mol. The Kier molecular flexibility index (Phi) is 4.12. The van der Waals surface area contributed by atoms with Gasteiger partial charge in [0.2, 0.25) is 0 Å². The van der Waals surface area contributed by atoms with Gasteiger partial charge >= 0.3 is 0 Å². The molecule has 2 nitrogen and oxygen atoms in total. The lowest BCUT2D eigenvalue weighted by atomic mass is 9.91. The molecule has 0 bridgehead atoms. The Labute approximate surface area is 120 Å². The lowest BCUT2D eigenvalue weighted by Gasteiger charge is -2.22. The first-order valence-corrected chi connectivity index (χ1v) is 7.52. The molecule has 0 aliphatic carbocycles. The molecule has 1 aliphatic rings. The average molecular weight is 267 g/mol. The molecule has 1 unspecified atom stereocenters. The van der Waals surface area contributed by atoms with Crippen molar-refractivity contribution in [1.29, 1.82) is 0 Å². The van der Waals surface area contributed by atoms with Gasteiger partial charge in [-0.3, -0.25) is 4.79 Å². The summed E-state index contributed by atoms with van der Waals surface area (Å²) in [5, 5.41) is 5.81. The summed E-state index contributed by atoms with van der Waals surface area (Å²) in [6, 6.07) is 14.5. The molecule has 0 aromatic heterocycles. The fraction of sp³-hybridized carbons (Fsp3) is 0.389. The van der Waals surface area contributed by atoms with Gasteiger partial charge in [-0.1, -0.05) is 42.5 Å². The summed E-state index contributed by atoms with van der Waals surface area (Å²) in [7, 11) is 0. The standard InChI is InChI=1S/C18H21NO/c20-17(11-14-5-4-10-19-13-14)12-16-8-3-7-15-6-1-2-9-18(15)16/h1-3,6-9,14,19H,4-5,10-13H2.